The van der Waals surface area contributed by atoms with E-state index in [2.05, 4.69) is 22.4 Å². The van der Waals surface area contributed by atoms with Gasteiger partial charge >= 0.3 is 0 Å². The average molecular weight is 189 g/mol. The van der Waals surface area contributed by atoms with Crippen LogP contribution in [0.15, 0.2) is 0 Å². The summed E-state index contributed by atoms with van der Waals surface area (Å²) < 4.78 is 0. The highest BCUT2D eigenvalue weighted by molar-refractivity contribution is 4.67. The van der Waals surface area contributed by atoms with Crippen LogP contribution in [0.25, 0.3) is 0 Å². The second kappa shape index (κ2) is 5.51. The van der Waals surface area contributed by atoms with Crippen molar-refractivity contribution >= 4 is 0 Å². The monoisotopic (exact) mass is 189 g/mol. The maximum Gasteiger partial charge on any atom is 0.0908 e. The number of nitrogens with one attached hydrogen (secondary N) is 1. The van der Waals surface area contributed by atoms with Crippen LogP contribution in [-0.2, 0) is 0 Å². The first-order chi connectivity index (χ1) is 6.22. The Bertz CT molecular complexity index is 137. The first-order valence-electron chi connectivity index (χ1n) is 4.68. The molecule has 1 saturated heterocycles. The minimum Gasteiger partial charge on any atom is -0.394 e. The van der Waals surface area contributed by atoms with Crippen LogP contribution in [0.3, 0.4) is 0 Å². The van der Waals surface area contributed by atoms with E-state index < -0.39 is 6.10 Å². The van der Waals surface area contributed by atoms with Gasteiger partial charge in [-0.1, -0.05) is 0 Å². The highest BCUT2D eigenvalue weighted by Gasteiger charge is 2.13. The molecule has 1 atom stereocenters. The number of nitrogens with zero attached hydrogens (tertiary/aromatic N) is 2. The van der Waals surface area contributed by atoms with Gasteiger partial charge in [0.25, 0.3) is 0 Å². The quantitative estimate of drug-likeness (QED) is 0.482. The lowest BCUT2D eigenvalue weighted by atomic mass is 10.3. The molecule has 5 heteroatoms. The molecule has 0 bridgehead atoms. The van der Waals surface area contributed by atoms with Crippen molar-refractivity contribution in [2.75, 3.05) is 46.4 Å². The number of likely N-dealkylation sites (N-methyl/N-ethyl adjacent to an activating group) is 1. The molecule has 1 rings (SSSR count). The molecule has 0 aromatic heterocycles. The maximum absolute atomic E-state index is 9.09. The summed E-state index contributed by atoms with van der Waals surface area (Å²) in [5.74, 6) is 0. The predicted molar refractivity (Wildman–Crippen MR) is 50.2 cm³/mol. The zero-order chi connectivity index (χ0) is 9.68. The summed E-state index contributed by atoms with van der Waals surface area (Å²) in [6, 6.07) is 0. The predicted octanol–water partition coefficient (Wildman–Crippen LogP) is -1.91. The fourth-order valence-corrected chi connectivity index (χ4v) is 1.26. The molecular weight excluding hydrogens is 170 g/mol. The van der Waals surface area contributed by atoms with E-state index in [1.54, 1.807) is 0 Å². The van der Waals surface area contributed by atoms with Crippen LogP contribution >= 0.6 is 0 Å². The summed E-state index contributed by atoms with van der Waals surface area (Å²) in [4.78, 5) is 2.26. The summed E-state index contributed by atoms with van der Waals surface area (Å²) in [6.07, 6.45) is -0.653. The summed E-state index contributed by atoms with van der Waals surface area (Å²) in [5, 5.41) is 19.8. The van der Waals surface area contributed by atoms with Crippen molar-refractivity contribution in [2.24, 2.45) is 0 Å². The topological polar surface area (TPSA) is 59.0 Å². The Kier molecular flexibility index (Phi) is 4.61. The minimum absolute atomic E-state index is 0.180. The molecule has 1 aliphatic heterocycles. The number of aliphatic hydroxyl groups excluding tert-OH is 2. The summed E-state index contributed by atoms with van der Waals surface area (Å²) >= 11 is 0. The molecule has 0 amide bonds. The van der Waals surface area contributed by atoms with Crippen LogP contribution in [0.1, 0.15) is 0 Å². The molecule has 13 heavy (non-hydrogen) atoms. The fourth-order valence-electron chi connectivity index (χ4n) is 1.26. The van der Waals surface area contributed by atoms with Gasteiger partial charge in [-0.05, 0) is 7.05 Å². The SMILES string of the molecule is CN1CCN(NCC(O)CO)CC1. The van der Waals surface area contributed by atoms with Crippen LogP contribution in [0, 0.1) is 0 Å². The van der Waals surface area contributed by atoms with Gasteiger partial charge in [-0.25, -0.2) is 5.01 Å². The lowest BCUT2D eigenvalue weighted by Crippen LogP contribution is -2.52. The van der Waals surface area contributed by atoms with Gasteiger partial charge in [0.1, 0.15) is 0 Å². The van der Waals surface area contributed by atoms with Gasteiger partial charge in [-0.3, -0.25) is 5.43 Å². The van der Waals surface area contributed by atoms with E-state index in [1.165, 1.54) is 0 Å². The van der Waals surface area contributed by atoms with Gasteiger partial charge in [-0.15, -0.1) is 0 Å². The van der Waals surface area contributed by atoms with Gasteiger partial charge in [0.15, 0.2) is 0 Å². The molecule has 1 unspecified atom stereocenters. The molecule has 0 aliphatic carbocycles. The Balaban J connectivity index is 2.08. The normalized spacial score (nSPS) is 23.3. The van der Waals surface area contributed by atoms with Crippen molar-refractivity contribution in [1.82, 2.24) is 15.3 Å². The first-order valence-corrected chi connectivity index (χ1v) is 4.68. The zero-order valence-corrected chi connectivity index (χ0v) is 8.11. The van der Waals surface area contributed by atoms with Crippen LogP contribution in [0.4, 0.5) is 0 Å². The van der Waals surface area contributed by atoms with E-state index in [9.17, 15) is 0 Å². The number of hydrogen-bond acceptors (Lipinski definition) is 5. The van der Waals surface area contributed by atoms with Crippen molar-refractivity contribution in [1.29, 1.82) is 0 Å². The Morgan fingerprint density at radius 2 is 1.92 bits per heavy atom. The first kappa shape index (κ1) is 10.9. The third kappa shape index (κ3) is 4.02. The van der Waals surface area contributed by atoms with E-state index in [0.717, 1.165) is 26.2 Å². The van der Waals surface area contributed by atoms with Crippen molar-refractivity contribution < 1.29 is 10.2 Å². The van der Waals surface area contributed by atoms with E-state index >= 15 is 0 Å². The summed E-state index contributed by atoms with van der Waals surface area (Å²) in [5.41, 5.74) is 3.09. The number of aliphatic hydroxyl groups is 2. The lowest BCUT2D eigenvalue weighted by molar-refractivity contribution is 0.0493. The zero-order valence-electron chi connectivity index (χ0n) is 8.11. The largest absolute Gasteiger partial charge is 0.394 e. The highest BCUT2D eigenvalue weighted by Crippen LogP contribution is 1.95. The molecule has 0 aromatic carbocycles. The van der Waals surface area contributed by atoms with E-state index in [4.69, 9.17) is 10.2 Å². The Morgan fingerprint density at radius 3 is 2.46 bits per heavy atom. The minimum atomic E-state index is -0.653. The number of piperazine rings is 1. The molecule has 0 saturated carbocycles. The smallest absolute Gasteiger partial charge is 0.0908 e. The Labute approximate surface area is 78.9 Å². The lowest BCUT2D eigenvalue weighted by Gasteiger charge is -2.33. The van der Waals surface area contributed by atoms with Crippen molar-refractivity contribution in [3.05, 3.63) is 0 Å². The van der Waals surface area contributed by atoms with Crippen LogP contribution in [-0.4, -0.2) is 72.6 Å². The molecular formula is C8H19N3O2. The van der Waals surface area contributed by atoms with Gasteiger partial charge in [0, 0.05) is 32.7 Å². The molecule has 0 spiro atoms. The second-order valence-electron chi connectivity index (χ2n) is 3.49. The molecule has 1 fully saturated rings. The molecule has 0 aromatic rings. The fraction of sp³-hybridized carbons (Fsp3) is 1.00. The van der Waals surface area contributed by atoms with E-state index in [0.29, 0.717) is 6.54 Å². The van der Waals surface area contributed by atoms with Crippen LogP contribution < -0.4 is 5.43 Å². The molecule has 1 aliphatic rings. The van der Waals surface area contributed by atoms with Gasteiger partial charge in [-0.2, -0.15) is 0 Å². The third-order valence-corrected chi connectivity index (χ3v) is 2.26. The second-order valence-corrected chi connectivity index (χ2v) is 3.49. The molecule has 0 radical (unpaired) electrons. The molecule has 3 N–H and O–H groups in total. The average Bonchev–Trinajstić information content (AvgIpc) is 2.16. The van der Waals surface area contributed by atoms with Gasteiger partial charge in [0.2, 0.25) is 0 Å². The number of rotatable bonds is 4. The standard InChI is InChI=1S/C8H19N3O2/c1-10-2-4-11(5-3-10)9-6-8(13)7-12/h8-9,12-13H,2-7H2,1H3. The summed E-state index contributed by atoms with van der Waals surface area (Å²) in [7, 11) is 2.10. The van der Waals surface area contributed by atoms with Gasteiger partial charge < -0.3 is 15.1 Å². The third-order valence-electron chi connectivity index (χ3n) is 2.26. The van der Waals surface area contributed by atoms with Crippen molar-refractivity contribution in [3.63, 3.8) is 0 Å². The maximum atomic E-state index is 9.09. The molecule has 1 heterocycles. The van der Waals surface area contributed by atoms with E-state index in [1.807, 2.05) is 0 Å². The number of hydrogen-bond donors (Lipinski definition) is 3. The highest BCUT2D eigenvalue weighted by atomic mass is 16.3. The number of hydrazine groups is 1. The Morgan fingerprint density at radius 1 is 1.31 bits per heavy atom. The van der Waals surface area contributed by atoms with Crippen molar-refractivity contribution in [3.8, 4) is 0 Å². The van der Waals surface area contributed by atoms with Crippen LogP contribution in [0.5, 0.6) is 0 Å². The molecule has 78 valence electrons. The van der Waals surface area contributed by atoms with Crippen LogP contribution in [0.2, 0.25) is 0 Å². The van der Waals surface area contributed by atoms with Gasteiger partial charge in [0.05, 0.1) is 12.7 Å². The van der Waals surface area contributed by atoms with Crippen molar-refractivity contribution in [2.45, 2.75) is 6.10 Å². The van der Waals surface area contributed by atoms with E-state index in [-0.39, 0.29) is 6.61 Å². The Hall–Kier alpha value is -0.200. The molecule has 5 nitrogen and oxygen atoms in total. The summed E-state index contributed by atoms with van der Waals surface area (Å²) in [6.45, 7) is 4.27.